The third-order valence-electron chi connectivity index (χ3n) is 1.62. The molecule has 0 aliphatic heterocycles. The van der Waals surface area contributed by atoms with Crippen molar-refractivity contribution in [3.8, 4) is 0 Å². The van der Waals surface area contributed by atoms with Gasteiger partial charge in [0.05, 0.1) is 0 Å². The fraction of sp³-hybridized carbons (Fsp3) is 0.333. The van der Waals surface area contributed by atoms with E-state index in [-0.39, 0.29) is 0 Å². The van der Waals surface area contributed by atoms with Crippen molar-refractivity contribution in [3.63, 3.8) is 0 Å². The maximum Gasteiger partial charge on any atom is 0.0223 e. The van der Waals surface area contributed by atoms with Gasteiger partial charge in [-0.3, -0.25) is 11.3 Å². The SMILES string of the molecule is NNCCNCc1ccccc1. The van der Waals surface area contributed by atoms with Gasteiger partial charge in [-0.15, -0.1) is 0 Å². The van der Waals surface area contributed by atoms with Gasteiger partial charge in [-0.2, -0.15) is 0 Å². The van der Waals surface area contributed by atoms with Crippen molar-refractivity contribution >= 4 is 0 Å². The summed E-state index contributed by atoms with van der Waals surface area (Å²) < 4.78 is 0. The van der Waals surface area contributed by atoms with Crippen molar-refractivity contribution in [1.29, 1.82) is 0 Å². The maximum atomic E-state index is 5.12. The molecule has 0 unspecified atom stereocenters. The molecular formula is C9H15N3. The van der Waals surface area contributed by atoms with Gasteiger partial charge in [-0.25, -0.2) is 0 Å². The molecule has 0 fully saturated rings. The molecule has 0 amide bonds. The summed E-state index contributed by atoms with van der Waals surface area (Å²) in [5, 5.41) is 3.26. The zero-order valence-electron chi connectivity index (χ0n) is 7.09. The van der Waals surface area contributed by atoms with Crippen LogP contribution in [0.5, 0.6) is 0 Å². The van der Waals surface area contributed by atoms with Crippen LogP contribution in [-0.2, 0) is 6.54 Å². The lowest BCUT2D eigenvalue weighted by atomic mass is 10.2. The van der Waals surface area contributed by atoms with Gasteiger partial charge < -0.3 is 5.32 Å². The summed E-state index contributed by atoms with van der Waals surface area (Å²) in [6.07, 6.45) is 0. The molecule has 0 atom stereocenters. The summed E-state index contributed by atoms with van der Waals surface area (Å²) in [5.41, 5.74) is 3.89. The van der Waals surface area contributed by atoms with Crippen LogP contribution in [0.25, 0.3) is 0 Å². The first-order valence-electron chi connectivity index (χ1n) is 4.11. The van der Waals surface area contributed by atoms with Crippen LogP contribution < -0.4 is 16.6 Å². The summed E-state index contributed by atoms with van der Waals surface area (Å²) >= 11 is 0. The van der Waals surface area contributed by atoms with E-state index in [1.54, 1.807) is 0 Å². The fourth-order valence-electron chi connectivity index (χ4n) is 0.989. The molecule has 0 spiro atoms. The van der Waals surface area contributed by atoms with E-state index in [9.17, 15) is 0 Å². The van der Waals surface area contributed by atoms with Gasteiger partial charge in [-0.05, 0) is 5.56 Å². The molecule has 0 aliphatic rings. The predicted molar refractivity (Wildman–Crippen MR) is 50.3 cm³/mol. The standard InChI is InChI=1S/C9H15N3/c10-12-7-6-11-8-9-4-2-1-3-5-9/h1-5,11-12H,6-8,10H2. The van der Waals surface area contributed by atoms with Crippen LogP contribution in [0.4, 0.5) is 0 Å². The second-order valence-electron chi connectivity index (χ2n) is 2.62. The van der Waals surface area contributed by atoms with Crippen molar-refractivity contribution in [3.05, 3.63) is 35.9 Å². The van der Waals surface area contributed by atoms with Crippen molar-refractivity contribution < 1.29 is 0 Å². The average Bonchev–Trinajstić information content (AvgIpc) is 2.14. The molecule has 0 aromatic heterocycles. The average molecular weight is 165 g/mol. The number of nitrogens with two attached hydrogens (primary N) is 1. The van der Waals surface area contributed by atoms with E-state index >= 15 is 0 Å². The van der Waals surface area contributed by atoms with Gasteiger partial charge in [0.1, 0.15) is 0 Å². The predicted octanol–water partition coefficient (Wildman–Crippen LogP) is 0.240. The van der Waals surface area contributed by atoms with Gasteiger partial charge in [0.2, 0.25) is 0 Å². The molecule has 1 aromatic carbocycles. The first-order chi connectivity index (χ1) is 5.93. The number of nitrogens with one attached hydrogen (secondary N) is 2. The largest absolute Gasteiger partial charge is 0.311 e. The van der Waals surface area contributed by atoms with Crippen molar-refractivity contribution in [2.45, 2.75) is 6.54 Å². The summed E-state index contributed by atoms with van der Waals surface area (Å²) in [4.78, 5) is 0. The molecule has 0 aliphatic carbocycles. The normalized spacial score (nSPS) is 10.1. The van der Waals surface area contributed by atoms with E-state index in [0.29, 0.717) is 0 Å². The lowest BCUT2D eigenvalue weighted by molar-refractivity contribution is 0.628. The fourth-order valence-corrected chi connectivity index (χ4v) is 0.989. The highest BCUT2D eigenvalue weighted by molar-refractivity contribution is 5.14. The summed E-state index contributed by atoms with van der Waals surface area (Å²) in [7, 11) is 0. The van der Waals surface area contributed by atoms with Crippen LogP contribution in [0.2, 0.25) is 0 Å². The molecule has 0 saturated heterocycles. The van der Waals surface area contributed by atoms with E-state index in [4.69, 9.17) is 5.84 Å². The van der Waals surface area contributed by atoms with Crippen LogP contribution >= 0.6 is 0 Å². The van der Waals surface area contributed by atoms with Crippen LogP contribution in [0.1, 0.15) is 5.56 Å². The third-order valence-corrected chi connectivity index (χ3v) is 1.62. The molecule has 12 heavy (non-hydrogen) atoms. The number of hydrogen-bond donors (Lipinski definition) is 3. The minimum atomic E-state index is 0.798. The van der Waals surface area contributed by atoms with Crippen molar-refractivity contribution in [1.82, 2.24) is 10.7 Å². The Morgan fingerprint density at radius 1 is 1.08 bits per heavy atom. The number of rotatable bonds is 5. The zero-order valence-corrected chi connectivity index (χ0v) is 7.09. The Kier molecular flexibility index (Phi) is 4.37. The Morgan fingerprint density at radius 2 is 1.83 bits per heavy atom. The highest BCUT2D eigenvalue weighted by atomic mass is 15.2. The van der Waals surface area contributed by atoms with Gasteiger partial charge >= 0.3 is 0 Å². The Labute approximate surface area is 72.9 Å². The summed E-state index contributed by atoms with van der Waals surface area (Å²) in [5.74, 6) is 5.12. The summed E-state index contributed by atoms with van der Waals surface area (Å²) in [6.45, 7) is 2.60. The first kappa shape index (κ1) is 9.19. The van der Waals surface area contributed by atoms with E-state index in [1.807, 2.05) is 18.2 Å². The second kappa shape index (κ2) is 5.71. The highest BCUT2D eigenvalue weighted by Crippen LogP contribution is 1.96. The number of benzene rings is 1. The highest BCUT2D eigenvalue weighted by Gasteiger charge is 1.88. The Morgan fingerprint density at radius 3 is 2.50 bits per heavy atom. The zero-order chi connectivity index (χ0) is 8.65. The van der Waals surface area contributed by atoms with Crippen molar-refractivity contribution in [2.24, 2.45) is 5.84 Å². The quantitative estimate of drug-likeness (QED) is 0.333. The minimum Gasteiger partial charge on any atom is -0.311 e. The van der Waals surface area contributed by atoms with Crippen LogP contribution in [0, 0.1) is 0 Å². The smallest absolute Gasteiger partial charge is 0.0223 e. The van der Waals surface area contributed by atoms with Gasteiger partial charge in [0.15, 0.2) is 0 Å². The van der Waals surface area contributed by atoms with E-state index in [2.05, 4.69) is 22.9 Å². The molecular weight excluding hydrogens is 150 g/mol. The first-order valence-corrected chi connectivity index (χ1v) is 4.11. The molecule has 0 heterocycles. The molecule has 66 valence electrons. The third kappa shape index (κ3) is 3.48. The van der Waals surface area contributed by atoms with Crippen LogP contribution in [0.15, 0.2) is 30.3 Å². The molecule has 3 heteroatoms. The van der Waals surface area contributed by atoms with E-state index in [1.165, 1.54) is 5.56 Å². The van der Waals surface area contributed by atoms with E-state index < -0.39 is 0 Å². The molecule has 0 saturated carbocycles. The number of hydrogen-bond acceptors (Lipinski definition) is 3. The van der Waals surface area contributed by atoms with Crippen LogP contribution in [0.3, 0.4) is 0 Å². The van der Waals surface area contributed by atoms with Gasteiger partial charge in [0, 0.05) is 19.6 Å². The topological polar surface area (TPSA) is 50.1 Å². The van der Waals surface area contributed by atoms with Gasteiger partial charge in [-0.1, -0.05) is 30.3 Å². The monoisotopic (exact) mass is 165 g/mol. The minimum absolute atomic E-state index is 0.798. The molecule has 0 radical (unpaired) electrons. The Hall–Kier alpha value is -0.900. The lowest BCUT2D eigenvalue weighted by Crippen LogP contribution is -2.31. The lowest BCUT2D eigenvalue weighted by Gasteiger charge is -2.03. The Bertz CT molecular complexity index is 198. The second-order valence-corrected chi connectivity index (χ2v) is 2.62. The van der Waals surface area contributed by atoms with Gasteiger partial charge in [0.25, 0.3) is 0 Å². The Balaban J connectivity index is 2.16. The molecule has 4 N–H and O–H groups in total. The molecule has 1 rings (SSSR count). The molecule has 1 aromatic rings. The van der Waals surface area contributed by atoms with Crippen LogP contribution in [-0.4, -0.2) is 13.1 Å². The van der Waals surface area contributed by atoms with Crippen molar-refractivity contribution in [2.75, 3.05) is 13.1 Å². The van der Waals surface area contributed by atoms with E-state index in [0.717, 1.165) is 19.6 Å². The molecule has 0 bridgehead atoms. The molecule has 3 nitrogen and oxygen atoms in total. The maximum absolute atomic E-state index is 5.12. The number of hydrazine groups is 1. The summed E-state index contributed by atoms with van der Waals surface area (Å²) in [6, 6.07) is 10.3.